The van der Waals surface area contributed by atoms with E-state index in [0.717, 1.165) is 82.0 Å². The Kier molecular flexibility index (Phi) is 5.76. The lowest BCUT2D eigenvalue weighted by Gasteiger charge is -2.59. The van der Waals surface area contributed by atoms with Crippen molar-refractivity contribution in [3.05, 3.63) is 48.5 Å². The molecule has 3 N–H and O–H groups in total. The van der Waals surface area contributed by atoms with E-state index in [2.05, 4.69) is 45.4 Å². The van der Waals surface area contributed by atoms with Crippen molar-refractivity contribution in [3.63, 3.8) is 0 Å². The molecule has 0 radical (unpaired) electrons. The fraction of sp³-hybridized carbons (Fsp3) is 0.533. The molecule has 8 heteroatoms. The molecule has 3 amide bonds. The van der Waals surface area contributed by atoms with Crippen LogP contribution in [-0.2, 0) is 9.53 Å². The number of morpholine rings is 1. The second-order valence-corrected chi connectivity index (χ2v) is 12.0. The lowest BCUT2D eigenvalue weighted by Crippen LogP contribution is -2.63. The summed E-state index contributed by atoms with van der Waals surface area (Å²) in [6, 6.07) is 17.0. The van der Waals surface area contributed by atoms with Crippen molar-refractivity contribution in [2.45, 2.75) is 38.1 Å². The van der Waals surface area contributed by atoms with E-state index in [9.17, 15) is 9.59 Å². The van der Waals surface area contributed by atoms with Crippen LogP contribution < -0.4 is 25.8 Å². The summed E-state index contributed by atoms with van der Waals surface area (Å²) in [7, 11) is 0. The minimum atomic E-state index is -0.340. The summed E-state index contributed by atoms with van der Waals surface area (Å²) in [6.07, 6.45) is 4.79. The van der Waals surface area contributed by atoms with E-state index in [4.69, 9.17) is 10.5 Å². The predicted molar refractivity (Wildman–Crippen MR) is 148 cm³/mol. The number of urea groups is 1. The van der Waals surface area contributed by atoms with Gasteiger partial charge in [0.1, 0.15) is 0 Å². The second-order valence-electron chi connectivity index (χ2n) is 12.0. The fourth-order valence-corrected chi connectivity index (χ4v) is 8.29. The average molecular weight is 516 g/mol. The Balaban J connectivity index is 1.08. The molecule has 4 aliphatic carbocycles. The fourth-order valence-electron chi connectivity index (χ4n) is 8.29. The Hall–Kier alpha value is -3.26. The van der Waals surface area contributed by atoms with Gasteiger partial charge in [0.2, 0.25) is 5.91 Å². The van der Waals surface area contributed by atoms with E-state index < -0.39 is 0 Å². The number of fused-ring (bicyclic) bond motifs is 1. The van der Waals surface area contributed by atoms with Crippen LogP contribution in [0.1, 0.15) is 32.1 Å². The van der Waals surface area contributed by atoms with Gasteiger partial charge in [-0.15, -0.1) is 0 Å². The molecule has 5 atom stereocenters. The van der Waals surface area contributed by atoms with Crippen LogP contribution in [0.5, 0.6) is 0 Å². The minimum absolute atomic E-state index is 0.0228. The molecule has 5 fully saturated rings. The first-order chi connectivity index (χ1) is 18.5. The van der Waals surface area contributed by atoms with E-state index >= 15 is 0 Å². The summed E-state index contributed by atoms with van der Waals surface area (Å²) >= 11 is 0. The summed E-state index contributed by atoms with van der Waals surface area (Å²) in [4.78, 5) is 32.6. The van der Waals surface area contributed by atoms with Crippen LogP contribution in [0.25, 0.3) is 0 Å². The normalized spacial score (nSPS) is 31.7. The number of carbonyl (C=O) groups excluding carboxylic acids is 2. The molecule has 38 heavy (non-hydrogen) atoms. The minimum Gasteiger partial charge on any atom is -0.378 e. The van der Waals surface area contributed by atoms with E-state index in [1.54, 1.807) is 0 Å². The molecule has 2 aromatic rings. The lowest BCUT2D eigenvalue weighted by atomic mass is 9.47. The molecule has 2 aliphatic heterocycles. The van der Waals surface area contributed by atoms with Crippen LogP contribution in [0, 0.1) is 23.2 Å². The van der Waals surface area contributed by atoms with E-state index in [0.29, 0.717) is 24.3 Å². The van der Waals surface area contributed by atoms with Crippen molar-refractivity contribution in [1.82, 2.24) is 5.32 Å². The van der Waals surface area contributed by atoms with Gasteiger partial charge in [-0.25, -0.2) is 4.79 Å². The van der Waals surface area contributed by atoms with Crippen LogP contribution in [0.2, 0.25) is 0 Å². The molecule has 4 saturated carbocycles. The van der Waals surface area contributed by atoms with Gasteiger partial charge in [0.15, 0.2) is 0 Å². The van der Waals surface area contributed by atoms with Crippen LogP contribution in [0.3, 0.4) is 0 Å². The van der Waals surface area contributed by atoms with Gasteiger partial charge in [-0.05, 0) is 86.3 Å². The summed E-state index contributed by atoms with van der Waals surface area (Å²) in [5.41, 5.74) is 9.86. The zero-order valence-electron chi connectivity index (χ0n) is 21.9. The molecule has 0 aromatic heterocycles. The molecule has 8 rings (SSSR count). The van der Waals surface area contributed by atoms with Gasteiger partial charge in [-0.2, -0.15) is 0 Å². The van der Waals surface area contributed by atoms with Crippen molar-refractivity contribution in [2.75, 3.05) is 54.1 Å². The number of nitrogens with two attached hydrogens (primary N) is 1. The Morgan fingerprint density at radius 2 is 1.50 bits per heavy atom. The van der Waals surface area contributed by atoms with E-state index in [1.807, 2.05) is 23.1 Å². The van der Waals surface area contributed by atoms with E-state index in [1.165, 1.54) is 5.69 Å². The van der Waals surface area contributed by atoms with Crippen molar-refractivity contribution >= 4 is 34.7 Å². The van der Waals surface area contributed by atoms with Gasteiger partial charge < -0.3 is 25.6 Å². The number of para-hydroxylation sites is 2. The molecular formula is C30H37N5O3. The Morgan fingerprint density at radius 1 is 0.842 bits per heavy atom. The maximum absolute atomic E-state index is 13.7. The zero-order chi connectivity index (χ0) is 25.9. The molecule has 4 bridgehead atoms. The molecule has 2 heterocycles. The largest absolute Gasteiger partial charge is 0.378 e. The van der Waals surface area contributed by atoms with Crippen LogP contribution in [-0.4, -0.2) is 57.4 Å². The topological polar surface area (TPSA) is 91.1 Å². The van der Waals surface area contributed by atoms with Gasteiger partial charge in [-0.3, -0.25) is 9.69 Å². The number of hydrogen-bond donors (Lipinski definition) is 2. The number of ether oxygens (including phenoxy) is 1. The van der Waals surface area contributed by atoms with Crippen LogP contribution in [0.15, 0.2) is 48.5 Å². The first kappa shape index (κ1) is 23.8. The highest BCUT2D eigenvalue weighted by molar-refractivity contribution is 5.98. The molecule has 2 aromatic carbocycles. The van der Waals surface area contributed by atoms with Gasteiger partial charge in [0, 0.05) is 49.0 Å². The van der Waals surface area contributed by atoms with Crippen LogP contribution >= 0.6 is 0 Å². The molecule has 200 valence electrons. The Bertz CT molecular complexity index is 1210. The molecule has 6 aliphatic rings. The summed E-state index contributed by atoms with van der Waals surface area (Å²) < 4.78 is 5.49. The lowest BCUT2D eigenvalue weighted by molar-refractivity contribution is -0.145. The van der Waals surface area contributed by atoms with Gasteiger partial charge in [0.05, 0.1) is 24.6 Å². The molecule has 0 spiro atoms. The van der Waals surface area contributed by atoms with Crippen molar-refractivity contribution in [2.24, 2.45) is 28.9 Å². The third kappa shape index (κ3) is 3.92. The first-order valence-corrected chi connectivity index (χ1v) is 14.2. The number of amides is 3. The van der Waals surface area contributed by atoms with Crippen molar-refractivity contribution in [3.8, 4) is 0 Å². The third-order valence-electron chi connectivity index (χ3n) is 9.88. The predicted octanol–water partition coefficient (Wildman–Crippen LogP) is 3.87. The summed E-state index contributed by atoms with van der Waals surface area (Å²) in [5.74, 6) is 1.13. The molecular weight excluding hydrogens is 478 g/mol. The van der Waals surface area contributed by atoms with Gasteiger partial charge in [0.25, 0.3) is 0 Å². The number of nitrogens with one attached hydrogen (secondary N) is 1. The number of nitrogens with zero attached hydrogens (tertiary/aromatic N) is 3. The summed E-state index contributed by atoms with van der Waals surface area (Å²) in [5, 5.41) is 3.43. The smallest absolute Gasteiger partial charge is 0.322 e. The number of rotatable bonds is 4. The number of anilines is 4. The number of carbonyl (C=O) groups is 2. The first-order valence-electron chi connectivity index (χ1n) is 14.2. The number of primary amides is 1. The monoisotopic (exact) mass is 515 g/mol. The van der Waals surface area contributed by atoms with E-state index in [-0.39, 0.29) is 23.4 Å². The summed E-state index contributed by atoms with van der Waals surface area (Å²) in [6.45, 7) is 4.73. The Labute approximate surface area is 224 Å². The maximum atomic E-state index is 13.7. The highest BCUT2D eigenvalue weighted by Crippen LogP contribution is 2.60. The standard InChI is InChI=1S/C30H37N5O3/c31-28(36)30-17-20-15-21(18-30)27(22(16-20)19-30)32-29(37)35-10-9-34(25-3-1-2-4-26(25)35)24-7-5-23(6-8-24)33-11-13-38-14-12-33/h1-8,20-22,27H,9-19H2,(H2,31,36)(H,32,37)/t20?,21-,22+,27?,30?. The van der Waals surface area contributed by atoms with Crippen LogP contribution in [0.4, 0.5) is 27.5 Å². The van der Waals surface area contributed by atoms with Crippen molar-refractivity contribution < 1.29 is 14.3 Å². The zero-order valence-corrected chi connectivity index (χ0v) is 21.9. The quantitative estimate of drug-likeness (QED) is 0.645. The molecule has 8 nitrogen and oxygen atoms in total. The molecule has 1 saturated heterocycles. The highest BCUT2D eigenvalue weighted by atomic mass is 16.5. The SMILES string of the molecule is NC(=O)C12CC3C[C@H](C1)C(NC(=O)N1CCN(c4ccc(N5CCOCC5)cc4)c4ccccc41)[C@@H](C3)C2. The number of hydrogen-bond acceptors (Lipinski definition) is 5. The second kappa shape index (κ2) is 9.19. The maximum Gasteiger partial charge on any atom is 0.322 e. The third-order valence-corrected chi connectivity index (χ3v) is 9.88. The average Bonchev–Trinajstić information content (AvgIpc) is 2.94. The Morgan fingerprint density at radius 3 is 2.18 bits per heavy atom. The van der Waals surface area contributed by atoms with Gasteiger partial charge in [-0.1, -0.05) is 12.1 Å². The molecule has 3 unspecified atom stereocenters. The highest BCUT2D eigenvalue weighted by Gasteiger charge is 2.58. The number of benzene rings is 2. The van der Waals surface area contributed by atoms with Gasteiger partial charge >= 0.3 is 6.03 Å². The van der Waals surface area contributed by atoms with Crippen molar-refractivity contribution in [1.29, 1.82) is 0 Å².